The van der Waals surface area contributed by atoms with Crippen LogP contribution in [0.25, 0.3) is 0 Å². The molecule has 138 valence electrons. The van der Waals surface area contributed by atoms with Crippen LogP contribution in [0.2, 0.25) is 0 Å². The molecule has 28 heavy (non-hydrogen) atoms. The van der Waals surface area contributed by atoms with E-state index < -0.39 is 0 Å². The molecule has 0 saturated carbocycles. The first-order valence-corrected chi connectivity index (χ1v) is 9.02. The van der Waals surface area contributed by atoms with Crippen molar-refractivity contribution in [1.82, 2.24) is 9.97 Å². The minimum atomic E-state index is -0.264. The average Bonchev–Trinajstić information content (AvgIpc) is 2.72. The van der Waals surface area contributed by atoms with E-state index in [2.05, 4.69) is 9.97 Å². The van der Waals surface area contributed by atoms with Gasteiger partial charge in [-0.2, -0.15) is 0 Å². The maximum absolute atomic E-state index is 13.0. The van der Waals surface area contributed by atoms with E-state index in [1.807, 2.05) is 24.3 Å². The molecule has 0 bridgehead atoms. The van der Waals surface area contributed by atoms with Gasteiger partial charge in [0.1, 0.15) is 17.8 Å². The summed E-state index contributed by atoms with van der Waals surface area (Å²) in [6, 6.07) is 14.5. The third kappa shape index (κ3) is 3.78. The van der Waals surface area contributed by atoms with Gasteiger partial charge < -0.3 is 0 Å². The molecule has 0 amide bonds. The molecule has 3 aromatic rings. The first-order chi connectivity index (χ1) is 13.6. The Morgan fingerprint density at radius 2 is 1.64 bits per heavy atom. The van der Waals surface area contributed by atoms with E-state index in [-0.39, 0.29) is 28.6 Å². The van der Waals surface area contributed by atoms with E-state index in [1.165, 1.54) is 30.7 Å². The number of rotatable bonds is 5. The van der Waals surface area contributed by atoms with E-state index in [1.54, 1.807) is 12.1 Å². The fourth-order valence-electron chi connectivity index (χ4n) is 3.34. The molecule has 0 aliphatic heterocycles. The van der Waals surface area contributed by atoms with Gasteiger partial charge in [0.15, 0.2) is 5.78 Å². The predicted molar refractivity (Wildman–Crippen MR) is 103 cm³/mol. The third-order valence-electron chi connectivity index (χ3n) is 4.79. The van der Waals surface area contributed by atoms with Gasteiger partial charge in [0.05, 0.1) is 5.56 Å². The molecule has 1 heterocycles. The highest BCUT2D eigenvalue weighted by atomic mass is 19.1. The van der Waals surface area contributed by atoms with Crippen LogP contribution in [0.5, 0.6) is 0 Å². The third-order valence-corrected chi connectivity index (χ3v) is 4.79. The molecule has 0 saturated heterocycles. The molecule has 2 aromatic carbocycles. The zero-order chi connectivity index (χ0) is 19.5. The van der Waals surface area contributed by atoms with Gasteiger partial charge in [-0.1, -0.05) is 36.4 Å². The number of carbonyl (C=O) groups is 2. The monoisotopic (exact) mass is 372 g/mol. The Morgan fingerprint density at radius 3 is 2.46 bits per heavy atom. The number of Topliss-reactive ketones (excluding diaryl/α,β-unsaturated/α-hetero) is 1. The summed E-state index contributed by atoms with van der Waals surface area (Å²) in [6.45, 7) is 0. The fraction of sp³-hybridized carbons (Fsp3) is 0.130. The molecule has 0 fully saturated rings. The normalized spacial score (nSPS) is 13.2. The van der Waals surface area contributed by atoms with Gasteiger partial charge in [0, 0.05) is 18.2 Å². The number of aromatic nitrogens is 2. The Labute approximate surface area is 161 Å². The Morgan fingerprint density at radius 1 is 0.893 bits per heavy atom. The number of aryl methyl sites for hydroxylation is 2. The quantitative estimate of drug-likeness (QED) is 0.680. The summed E-state index contributed by atoms with van der Waals surface area (Å²) in [4.78, 5) is 32.7. The van der Waals surface area contributed by atoms with Crippen LogP contribution in [0, 0.1) is 5.82 Å². The zero-order valence-corrected chi connectivity index (χ0v) is 15.1. The molecule has 0 unspecified atom stereocenters. The Hall–Kier alpha value is -3.47. The number of carbonyl (C=O) groups excluding carboxylic acids is 2. The van der Waals surface area contributed by atoms with Crippen molar-refractivity contribution in [3.8, 4) is 0 Å². The molecular formula is C23H17FN2O2. The van der Waals surface area contributed by atoms with E-state index in [0.29, 0.717) is 12.0 Å². The van der Waals surface area contributed by atoms with Crippen LogP contribution in [0.15, 0.2) is 72.7 Å². The number of ketones is 2. The lowest BCUT2D eigenvalue weighted by molar-refractivity contribution is 0.0978. The summed E-state index contributed by atoms with van der Waals surface area (Å²) >= 11 is 0. The van der Waals surface area contributed by atoms with Crippen LogP contribution < -0.4 is 0 Å². The molecule has 1 aromatic heterocycles. The van der Waals surface area contributed by atoms with Crippen LogP contribution in [0.1, 0.15) is 37.5 Å². The highest BCUT2D eigenvalue weighted by molar-refractivity contribution is 6.23. The molecule has 0 atom stereocenters. The van der Waals surface area contributed by atoms with Gasteiger partial charge in [-0.15, -0.1) is 0 Å². The maximum atomic E-state index is 13.0. The zero-order valence-electron chi connectivity index (χ0n) is 15.1. The molecule has 1 aliphatic carbocycles. The van der Waals surface area contributed by atoms with Crippen molar-refractivity contribution < 1.29 is 14.0 Å². The molecular weight excluding hydrogens is 355 g/mol. The second-order valence-corrected chi connectivity index (χ2v) is 6.77. The molecule has 5 heteroatoms. The van der Waals surface area contributed by atoms with Crippen LogP contribution >= 0.6 is 0 Å². The van der Waals surface area contributed by atoms with E-state index in [9.17, 15) is 14.0 Å². The summed E-state index contributed by atoms with van der Waals surface area (Å²) in [7, 11) is 0. The largest absolute Gasteiger partial charge is 0.289 e. The van der Waals surface area contributed by atoms with E-state index in [0.717, 1.165) is 29.5 Å². The first kappa shape index (κ1) is 17.9. The second-order valence-electron chi connectivity index (χ2n) is 6.77. The summed E-state index contributed by atoms with van der Waals surface area (Å²) < 4.78 is 13.0. The smallest absolute Gasteiger partial charge is 0.205 e. The lowest BCUT2D eigenvalue weighted by Gasteiger charge is -2.14. The van der Waals surface area contributed by atoms with Crippen molar-refractivity contribution in [2.45, 2.75) is 19.3 Å². The summed E-state index contributed by atoms with van der Waals surface area (Å²) in [5, 5.41) is 0. The van der Waals surface area contributed by atoms with E-state index >= 15 is 0 Å². The van der Waals surface area contributed by atoms with Crippen molar-refractivity contribution in [2.75, 3.05) is 0 Å². The summed E-state index contributed by atoms with van der Waals surface area (Å²) in [5.41, 5.74) is 4.03. The number of benzene rings is 2. The van der Waals surface area contributed by atoms with Crippen LogP contribution in [0.4, 0.5) is 4.39 Å². The summed E-state index contributed by atoms with van der Waals surface area (Å²) in [5.74, 6) is -0.705. The Bertz CT molecular complexity index is 1090. The molecule has 4 rings (SSSR count). The van der Waals surface area contributed by atoms with Crippen molar-refractivity contribution in [3.63, 3.8) is 0 Å². The number of nitrogens with zero attached hydrogens (tertiary/aromatic N) is 2. The SMILES string of the molecule is O=C1C(Cc2cccc(CCc3ccc(F)cc3)c2)=CC(=O)c2ncncc21. The molecule has 0 spiro atoms. The topological polar surface area (TPSA) is 59.9 Å². The van der Waals surface area contributed by atoms with Crippen molar-refractivity contribution >= 4 is 11.6 Å². The molecule has 1 aliphatic rings. The standard InChI is InChI=1S/C23H17FN2O2/c24-19-8-6-15(7-9-19)4-5-16-2-1-3-17(10-16)11-18-12-21(27)22-20(23(18)28)13-25-14-26-22/h1-3,6-10,12-14H,4-5,11H2. The number of halogens is 1. The van der Waals surface area contributed by atoms with Gasteiger partial charge in [-0.05, 0) is 47.7 Å². The summed E-state index contributed by atoms with van der Waals surface area (Å²) in [6.07, 6.45) is 6.03. The van der Waals surface area contributed by atoms with E-state index in [4.69, 9.17) is 0 Å². The average molecular weight is 372 g/mol. The van der Waals surface area contributed by atoms with Crippen LogP contribution in [-0.4, -0.2) is 21.5 Å². The van der Waals surface area contributed by atoms with Crippen molar-refractivity contribution in [1.29, 1.82) is 0 Å². The maximum Gasteiger partial charge on any atom is 0.205 e. The molecule has 0 N–H and O–H groups in total. The molecule has 0 radical (unpaired) electrons. The van der Waals surface area contributed by atoms with Gasteiger partial charge >= 0.3 is 0 Å². The highest BCUT2D eigenvalue weighted by Crippen LogP contribution is 2.22. The fourth-order valence-corrected chi connectivity index (χ4v) is 3.34. The number of fused-ring (bicyclic) bond motifs is 1. The van der Waals surface area contributed by atoms with Crippen molar-refractivity contribution in [2.24, 2.45) is 0 Å². The van der Waals surface area contributed by atoms with Gasteiger partial charge in [-0.3, -0.25) is 9.59 Å². The minimum Gasteiger partial charge on any atom is -0.289 e. The Balaban J connectivity index is 1.48. The van der Waals surface area contributed by atoms with Crippen LogP contribution in [0.3, 0.4) is 0 Å². The highest BCUT2D eigenvalue weighted by Gasteiger charge is 2.26. The van der Waals surface area contributed by atoms with Gasteiger partial charge in [0.25, 0.3) is 0 Å². The van der Waals surface area contributed by atoms with Gasteiger partial charge in [0.2, 0.25) is 5.78 Å². The Kier molecular flexibility index (Phi) is 4.89. The number of hydrogen-bond acceptors (Lipinski definition) is 4. The minimum absolute atomic E-state index is 0.164. The molecule has 4 nitrogen and oxygen atoms in total. The number of allylic oxidation sites excluding steroid dienone is 2. The first-order valence-electron chi connectivity index (χ1n) is 9.02. The van der Waals surface area contributed by atoms with Gasteiger partial charge in [-0.25, -0.2) is 14.4 Å². The predicted octanol–water partition coefficient (Wildman–Crippen LogP) is 3.95. The van der Waals surface area contributed by atoms with Crippen molar-refractivity contribution in [3.05, 3.63) is 106 Å². The lowest BCUT2D eigenvalue weighted by Crippen LogP contribution is -2.20. The number of hydrogen-bond donors (Lipinski definition) is 0. The lowest BCUT2D eigenvalue weighted by atomic mass is 9.89. The van der Waals surface area contributed by atoms with Crippen LogP contribution in [-0.2, 0) is 19.3 Å². The second kappa shape index (κ2) is 7.64.